The summed E-state index contributed by atoms with van der Waals surface area (Å²) in [5, 5.41) is 11.0. The summed E-state index contributed by atoms with van der Waals surface area (Å²) in [5.74, 6) is 0. The molecule has 4 heteroatoms. The van der Waals surface area contributed by atoms with Crippen molar-refractivity contribution in [3.63, 3.8) is 0 Å². The van der Waals surface area contributed by atoms with Crippen LogP contribution in [0.2, 0.25) is 0 Å². The van der Waals surface area contributed by atoms with E-state index in [2.05, 4.69) is 15.3 Å². The molecule has 0 amide bonds. The van der Waals surface area contributed by atoms with Crippen molar-refractivity contribution in [2.75, 3.05) is 12.0 Å². The van der Waals surface area contributed by atoms with Crippen LogP contribution in [0.3, 0.4) is 0 Å². The number of rotatable bonds is 2. The quantitative estimate of drug-likeness (QED) is 0.539. The molecule has 0 atom stereocenters. The summed E-state index contributed by atoms with van der Waals surface area (Å²) in [7, 11) is 0. The molecule has 2 N–H and O–H groups in total. The minimum absolute atomic E-state index is 0.0899. The fraction of sp³-hybridized carbons (Fsp3) is 0.200. The Hall–Kier alpha value is -1.16. The van der Waals surface area contributed by atoms with Gasteiger partial charge in [0.05, 0.1) is 18.1 Å². The predicted molar refractivity (Wildman–Crippen MR) is 32.7 cm³/mol. The molecule has 0 aromatic carbocycles. The van der Waals surface area contributed by atoms with Gasteiger partial charge in [0.25, 0.3) is 0 Å². The van der Waals surface area contributed by atoms with E-state index in [1.54, 1.807) is 12.4 Å². The Kier molecular flexibility index (Phi) is 1.98. The standard InChI is InChI=1S/C5H7N3O/c9-4-8-5-1-6-3-7-2-5/h1-3,8-9H,4H2. The molecule has 4 nitrogen and oxygen atoms in total. The second kappa shape index (κ2) is 2.99. The van der Waals surface area contributed by atoms with E-state index in [4.69, 9.17) is 5.11 Å². The van der Waals surface area contributed by atoms with Gasteiger partial charge in [0.15, 0.2) is 0 Å². The Morgan fingerprint density at radius 2 is 2.11 bits per heavy atom. The van der Waals surface area contributed by atoms with Gasteiger partial charge >= 0.3 is 0 Å². The first-order valence-corrected chi connectivity index (χ1v) is 2.53. The van der Waals surface area contributed by atoms with E-state index in [9.17, 15) is 0 Å². The maximum Gasteiger partial charge on any atom is 0.115 e. The largest absolute Gasteiger partial charge is 0.377 e. The number of nitrogens with zero attached hydrogens (tertiary/aromatic N) is 2. The molecule has 9 heavy (non-hydrogen) atoms. The highest BCUT2D eigenvalue weighted by molar-refractivity contribution is 5.36. The van der Waals surface area contributed by atoms with Gasteiger partial charge in [-0.05, 0) is 0 Å². The van der Waals surface area contributed by atoms with Crippen LogP contribution < -0.4 is 5.32 Å². The topological polar surface area (TPSA) is 58.0 Å². The summed E-state index contributed by atoms with van der Waals surface area (Å²) in [4.78, 5) is 7.44. The smallest absolute Gasteiger partial charge is 0.115 e. The van der Waals surface area contributed by atoms with Crippen molar-refractivity contribution in [3.8, 4) is 0 Å². The average Bonchev–Trinajstić information content (AvgIpc) is 1.91. The first-order chi connectivity index (χ1) is 4.43. The highest BCUT2D eigenvalue weighted by Gasteiger charge is 1.84. The van der Waals surface area contributed by atoms with Crippen molar-refractivity contribution in [2.45, 2.75) is 0 Å². The molecule has 1 rings (SSSR count). The minimum atomic E-state index is -0.0899. The summed E-state index contributed by atoms with van der Waals surface area (Å²) in [6, 6.07) is 0. The Morgan fingerprint density at radius 1 is 1.44 bits per heavy atom. The van der Waals surface area contributed by atoms with Gasteiger partial charge in [0, 0.05) is 0 Å². The number of aromatic nitrogens is 2. The van der Waals surface area contributed by atoms with Crippen molar-refractivity contribution in [1.82, 2.24) is 9.97 Å². The van der Waals surface area contributed by atoms with Crippen LogP contribution in [0.25, 0.3) is 0 Å². The third-order valence-corrected chi connectivity index (χ3v) is 0.844. The number of hydrogen-bond acceptors (Lipinski definition) is 4. The van der Waals surface area contributed by atoms with E-state index in [1.807, 2.05) is 0 Å². The third-order valence-electron chi connectivity index (χ3n) is 0.844. The van der Waals surface area contributed by atoms with Crippen LogP contribution in [0.4, 0.5) is 5.69 Å². The van der Waals surface area contributed by atoms with Crippen LogP contribution in [-0.4, -0.2) is 21.8 Å². The Morgan fingerprint density at radius 3 is 2.67 bits per heavy atom. The second-order valence-corrected chi connectivity index (χ2v) is 1.46. The van der Waals surface area contributed by atoms with Crippen molar-refractivity contribution < 1.29 is 5.11 Å². The summed E-state index contributed by atoms with van der Waals surface area (Å²) in [5.41, 5.74) is 0.722. The van der Waals surface area contributed by atoms with Crippen molar-refractivity contribution >= 4 is 5.69 Å². The number of aliphatic hydroxyl groups is 1. The zero-order chi connectivity index (χ0) is 6.53. The molecule has 0 unspecified atom stereocenters. The Balaban J connectivity index is 2.61. The molecule has 0 spiro atoms. The second-order valence-electron chi connectivity index (χ2n) is 1.46. The first kappa shape index (κ1) is 5.97. The molecule has 0 aliphatic rings. The average molecular weight is 125 g/mol. The Bertz CT molecular complexity index is 165. The number of hydrogen-bond donors (Lipinski definition) is 2. The lowest BCUT2D eigenvalue weighted by molar-refractivity contribution is 0.325. The summed E-state index contributed by atoms with van der Waals surface area (Å²) in [6.45, 7) is -0.0899. The molecule has 0 saturated carbocycles. The summed E-state index contributed by atoms with van der Waals surface area (Å²) < 4.78 is 0. The molecular weight excluding hydrogens is 118 g/mol. The van der Waals surface area contributed by atoms with Gasteiger partial charge in [-0.3, -0.25) is 0 Å². The van der Waals surface area contributed by atoms with Gasteiger partial charge in [-0.15, -0.1) is 0 Å². The zero-order valence-corrected chi connectivity index (χ0v) is 4.78. The highest BCUT2D eigenvalue weighted by atomic mass is 16.3. The van der Waals surface area contributed by atoms with Gasteiger partial charge in [-0.1, -0.05) is 0 Å². The van der Waals surface area contributed by atoms with Crippen LogP contribution in [-0.2, 0) is 0 Å². The maximum absolute atomic E-state index is 8.35. The van der Waals surface area contributed by atoms with Crippen molar-refractivity contribution in [1.29, 1.82) is 0 Å². The van der Waals surface area contributed by atoms with E-state index in [-0.39, 0.29) is 6.73 Å². The summed E-state index contributed by atoms with van der Waals surface area (Å²) in [6.07, 6.45) is 4.61. The highest BCUT2D eigenvalue weighted by Crippen LogP contribution is 1.96. The SMILES string of the molecule is OCNc1cncnc1. The molecule has 48 valence electrons. The molecule has 0 saturated heterocycles. The maximum atomic E-state index is 8.35. The number of aliphatic hydroxyl groups excluding tert-OH is 1. The molecule has 0 bridgehead atoms. The van der Waals surface area contributed by atoms with Gasteiger partial charge in [0.1, 0.15) is 13.1 Å². The number of anilines is 1. The Labute approximate surface area is 52.6 Å². The normalized spacial score (nSPS) is 9.00. The van der Waals surface area contributed by atoms with E-state index >= 15 is 0 Å². The number of nitrogens with one attached hydrogen (secondary N) is 1. The van der Waals surface area contributed by atoms with E-state index < -0.39 is 0 Å². The van der Waals surface area contributed by atoms with Gasteiger partial charge in [0.2, 0.25) is 0 Å². The van der Waals surface area contributed by atoms with Gasteiger partial charge < -0.3 is 10.4 Å². The van der Waals surface area contributed by atoms with Crippen LogP contribution in [0.5, 0.6) is 0 Å². The molecule has 1 aromatic heterocycles. The van der Waals surface area contributed by atoms with Crippen LogP contribution in [0.15, 0.2) is 18.7 Å². The molecule has 0 radical (unpaired) electrons. The lowest BCUT2D eigenvalue weighted by atomic mass is 10.5. The monoisotopic (exact) mass is 125 g/mol. The summed E-state index contributed by atoms with van der Waals surface area (Å²) >= 11 is 0. The van der Waals surface area contributed by atoms with E-state index in [0.717, 1.165) is 5.69 Å². The minimum Gasteiger partial charge on any atom is -0.377 e. The van der Waals surface area contributed by atoms with E-state index in [0.29, 0.717) is 0 Å². The first-order valence-electron chi connectivity index (χ1n) is 2.53. The zero-order valence-electron chi connectivity index (χ0n) is 4.78. The van der Waals surface area contributed by atoms with Crippen molar-refractivity contribution in [2.24, 2.45) is 0 Å². The van der Waals surface area contributed by atoms with E-state index in [1.165, 1.54) is 6.33 Å². The molecule has 1 heterocycles. The molecule has 1 aromatic rings. The predicted octanol–water partition coefficient (Wildman–Crippen LogP) is -0.162. The van der Waals surface area contributed by atoms with Crippen LogP contribution >= 0.6 is 0 Å². The lowest BCUT2D eigenvalue weighted by Crippen LogP contribution is -1.99. The third kappa shape index (κ3) is 1.65. The lowest BCUT2D eigenvalue weighted by Gasteiger charge is -1.97. The fourth-order valence-electron chi connectivity index (χ4n) is 0.482. The fourth-order valence-corrected chi connectivity index (χ4v) is 0.482. The van der Waals surface area contributed by atoms with Crippen molar-refractivity contribution in [3.05, 3.63) is 18.7 Å². The molecular formula is C5H7N3O. The molecule has 0 fully saturated rings. The van der Waals surface area contributed by atoms with Crippen LogP contribution in [0, 0.1) is 0 Å². The van der Waals surface area contributed by atoms with Gasteiger partial charge in [-0.25, -0.2) is 9.97 Å². The molecule has 0 aliphatic heterocycles. The van der Waals surface area contributed by atoms with Gasteiger partial charge in [-0.2, -0.15) is 0 Å². The van der Waals surface area contributed by atoms with Crippen LogP contribution in [0.1, 0.15) is 0 Å². The molecule has 0 aliphatic carbocycles.